The molecule has 4 rings (SSSR count). The van der Waals surface area contributed by atoms with Crippen LogP contribution in [0.15, 0.2) is 30.3 Å². The lowest BCUT2D eigenvalue weighted by Gasteiger charge is -2.32. The van der Waals surface area contributed by atoms with Crippen molar-refractivity contribution in [2.24, 2.45) is 5.92 Å². The van der Waals surface area contributed by atoms with Crippen LogP contribution in [0.5, 0.6) is 0 Å². The zero-order valence-corrected chi connectivity index (χ0v) is 16.6. The topological polar surface area (TPSA) is 92.2 Å². The molecule has 1 aromatic heterocycles. The minimum atomic E-state index is -0.197. The van der Waals surface area contributed by atoms with Gasteiger partial charge in [0.05, 0.1) is 12.5 Å². The number of amides is 3. The number of likely N-dealkylation sites (tertiary alicyclic amines) is 1. The van der Waals surface area contributed by atoms with Crippen LogP contribution < -0.4 is 10.6 Å². The molecule has 2 aliphatic rings. The van der Waals surface area contributed by atoms with Crippen LogP contribution in [-0.4, -0.2) is 44.7 Å². The maximum atomic E-state index is 12.7. The molecule has 2 aromatic rings. The number of hydrogen-bond donors (Lipinski definition) is 2. The lowest BCUT2D eigenvalue weighted by Crippen LogP contribution is -2.46. The van der Waals surface area contributed by atoms with E-state index in [9.17, 15) is 9.59 Å². The fraction of sp³-hybridized carbons (Fsp3) is 0.524. The Morgan fingerprint density at radius 1 is 1.03 bits per heavy atom. The van der Waals surface area contributed by atoms with Gasteiger partial charge in [0.2, 0.25) is 5.91 Å². The number of nitrogens with zero attached hydrogens (tertiary/aromatic N) is 4. The highest BCUT2D eigenvalue weighted by Crippen LogP contribution is 2.19. The van der Waals surface area contributed by atoms with E-state index in [0.29, 0.717) is 19.6 Å². The number of rotatable bonds is 4. The van der Waals surface area contributed by atoms with Crippen LogP contribution in [0.1, 0.15) is 43.8 Å². The Kier molecular flexibility index (Phi) is 6.07. The molecule has 154 valence electrons. The van der Waals surface area contributed by atoms with E-state index in [0.717, 1.165) is 56.0 Å². The molecule has 8 nitrogen and oxygen atoms in total. The highest BCUT2D eigenvalue weighted by Gasteiger charge is 2.28. The number of piperidine rings is 1. The van der Waals surface area contributed by atoms with E-state index in [1.165, 1.54) is 6.42 Å². The first-order valence-corrected chi connectivity index (χ1v) is 10.5. The van der Waals surface area contributed by atoms with Crippen LogP contribution >= 0.6 is 0 Å². The lowest BCUT2D eigenvalue weighted by molar-refractivity contribution is -0.126. The summed E-state index contributed by atoms with van der Waals surface area (Å²) in [4.78, 5) is 27.0. The van der Waals surface area contributed by atoms with Crippen molar-refractivity contribution in [2.75, 3.05) is 18.4 Å². The molecule has 1 atom stereocenters. The molecule has 0 spiro atoms. The fourth-order valence-corrected chi connectivity index (χ4v) is 4.09. The van der Waals surface area contributed by atoms with E-state index >= 15 is 0 Å². The van der Waals surface area contributed by atoms with Gasteiger partial charge in [-0.15, -0.1) is 10.2 Å². The number of anilines is 1. The number of urea groups is 1. The zero-order chi connectivity index (χ0) is 20.1. The summed E-state index contributed by atoms with van der Waals surface area (Å²) >= 11 is 0. The van der Waals surface area contributed by atoms with Crippen LogP contribution in [0.25, 0.3) is 0 Å². The summed E-state index contributed by atoms with van der Waals surface area (Å²) in [5.41, 5.74) is 0.761. The first-order valence-electron chi connectivity index (χ1n) is 10.5. The maximum Gasteiger partial charge on any atom is 0.321 e. The summed E-state index contributed by atoms with van der Waals surface area (Å²) in [6.45, 7) is 2.41. The van der Waals surface area contributed by atoms with Gasteiger partial charge in [-0.2, -0.15) is 0 Å². The average molecular weight is 396 g/mol. The number of aromatic nitrogens is 3. The molecular formula is C21H28N6O2. The van der Waals surface area contributed by atoms with Crippen molar-refractivity contribution in [2.45, 2.75) is 51.6 Å². The molecule has 1 fully saturated rings. The van der Waals surface area contributed by atoms with Gasteiger partial charge in [0.25, 0.3) is 0 Å². The number of nitrogens with one attached hydrogen (secondary N) is 2. The second-order valence-electron chi connectivity index (χ2n) is 7.79. The second-order valence-corrected chi connectivity index (χ2v) is 7.79. The van der Waals surface area contributed by atoms with E-state index in [-0.39, 0.29) is 17.9 Å². The molecule has 3 amide bonds. The summed E-state index contributed by atoms with van der Waals surface area (Å²) in [5.74, 6) is 1.63. The normalized spacial score (nSPS) is 19.2. The van der Waals surface area contributed by atoms with Crippen molar-refractivity contribution in [1.29, 1.82) is 0 Å². The van der Waals surface area contributed by atoms with Crippen molar-refractivity contribution in [3.63, 3.8) is 0 Å². The molecule has 29 heavy (non-hydrogen) atoms. The summed E-state index contributed by atoms with van der Waals surface area (Å²) in [6, 6.07) is 9.23. The Labute approximate surface area is 170 Å². The molecule has 0 saturated carbocycles. The highest BCUT2D eigenvalue weighted by atomic mass is 16.2. The van der Waals surface area contributed by atoms with Crippen molar-refractivity contribution in [3.8, 4) is 0 Å². The van der Waals surface area contributed by atoms with Crippen molar-refractivity contribution in [1.82, 2.24) is 25.0 Å². The van der Waals surface area contributed by atoms with E-state index in [2.05, 4.69) is 25.4 Å². The number of aryl methyl sites for hydroxylation is 1. The van der Waals surface area contributed by atoms with Crippen LogP contribution in [0.3, 0.4) is 0 Å². The monoisotopic (exact) mass is 396 g/mol. The number of fused-ring (bicyclic) bond motifs is 1. The number of benzene rings is 1. The SMILES string of the molecule is O=C(NCc1nnc2n1CCCCC2)C1CCCN(C(=O)Nc2ccccc2)C1. The van der Waals surface area contributed by atoms with Gasteiger partial charge in [-0.25, -0.2) is 4.79 Å². The molecule has 0 bridgehead atoms. The van der Waals surface area contributed by atoms with Crippen LogP contribution in [0.4, 0.5) is 10.5 Å². The summed E-state index contributed by atoms with van der Waals surface area (Å²) in [5, 5.41) is 14.5. The minimum absolute atomic E-state index is 0.0202. The molecule has 2 N–H and O–H groups in total. The van der Waals surface area contributed by atoms with Crippen LogP contribution in [0, 0.1) is 5.92 Å². The first-order chi connectivity index (χ1) is 14.2. The molecule has 8 heteroatoms. The quantitative estimate of drug-likeness (QED) is 0.831. The van der Waals surface area contributed by atoms with E-state index in [1.54, 1.807) is 4.90 Å². The van der Waals surface area contributed by atoms with Crippen molar-refractivity contribution < 1.29 is 9.59 Å². The molecular weight excluding hydrogens is 368 g/mol. The third-order valence-corrected chi connectivity index (χ3v) is 5.71. The van der Waals surface area contributed by atoms with Gasteiger partial charge in [0.1, 0.15) is 5.82 Å². The Balaban J connectivity index is 1.31. The predicted molar refractivity (Wildman–Crippen MR) is 109 cm³/mol. The zero-order valence-electron chi connectivity index (χ0n) is 16.6. The van der Waals surface area contributed by atoms with Gasteiger partial charge < -0.3 is 20.1 Å². The number of carbonyl (C=O) groups is 2. The third kappa shape index (κ3) is 4.75. The summed E-state index contributed by atoms with van der Waals surface area (Å²) < 4.78 is 2.15. The largest absolute Gasteiger partial charge is 0.348 e. The van der Waals surface area contributed by atoms with E-state index < -0.39 is 0 Å². The van der Waals surface area contributed by atoms with Gasteiger partial charge in [-0.05, 0) is 37.8 Å². The highest BCUT2D eigenvalue weighted by molar-refractivity contribution is 5.90. The van der Waals surface area contributed by atoms with Crippen molar-refractivity contribution in [3.05, 3.63) is 42.0 Å². The summed E-state index contributed by atoms with van der Waals surface area (Å²) in [7, 11) is 0. The standard InChI is InChI=1S/C21H28N6O2/c28-20(22-14-19-25-24-18-11-5-2-6-13-27(18)19)16-8-7-12-26(15-16)21(29)23-17-9-3-1-4-10-17/h1,3-4,9-10,16H,2,5-8,11-15H2,(H,22,28)(H,23,29). The van der Waals surface area contributed by atoms with Crippen LogP contribution in [0.2, 0.25) is 0 Å². The van der Waals surface area contributed by atoms with Gasteiger partial charge >= 0.3 is 6.03 Å². The Morgan fingerprint density at radius 2 is 1.90 bits per heavy atom. The lowest BCUT2D eigenvalue weighted by atomic mass is 9.97. The third-order valence-electron chi connectivity index (χ3n) is 5.71. The number of para-hydroxylation sites is 1. The smallest absolute Gasteiger partial charge is 0.321 e. The molecule has 1 aromatic carbocycles. The molecule has 0 radical (unpaired) electrons. The average Bonchev–Trinajstić information content (AvgIpc) is 2.98. The molecule has 0 aliphatic carbocycles. The van der Waals surface area contributed by atoms with Gasteiger partial charge in [-0.1, -0.05) is 24.6 Å². The number of carbonyl (C=O) groups excluding carboxylic acids is 2. The first kappa shape index (κ1) is 19.4. The molecule has 3 heterocycles. The summed E-state index contributed by atoms with van der Waals surface area (Å²) in [6.07, 6.45) is 6.04. The Bertz CT molecular complexity index is 850. The second kappa shape index (κ2) is 9.07. The minimum Gasteiger partial charge on any atom is -0.348 e. The Hall–Kier alpha value is -2.90. The Morgan fingerprint density at radius 3 is 2.76 bits per heavy atom. The molecule has 1 unspecified atom stereocenters. The van der Waals surface area contributed by atoms with Crippen LogP contribution in [-0.2, 0) is 24.3 Å². The fourth-order valence-electron chi connectivity index (χ4n) is 4.09. The van der Waals surface area contributed by atoms with E-state index in [1.807, 2.05) is 30.3 Å². The van der Waals surface area contributed by atoms with Crippen molar-refractivity contribution >= 4 is 17.6 Å². The van der Waals surface area contributed by atoms with E-state index in [4.69, 9.17) is 0 Å². The van der Waals surface area contributed by atoms with Gasteiger partial charge in [0, 0.05) is 31.7 Å². The predicted octanol–water partition coefficient (Wildman–Crippen LogP) is 2.56. The number of hydrogen-bond acceptors (Lipinski definition) is 4. The molecule has 1 saturated heterocycles. The maximum absolute atomic E-state index is 12.7. The van der Waals surface area contributed by atoms with Gasteiger partial charge in [0.15, 0.2) is 5.82 Å². The van der Waals surface area contributed by atoms with Gasteiger partial charge in [-0.3, -0.25) is 4.79 Å². The molecule has 2 aliphatic heterocycles.